The number of hydrogen-bond donors (Lipinski definition) is 2. The van der Waals surface area contributed by atoms with E-state index in [2.05, 4.69) is 5.32 Å². The number of alkyl halides is 3. The smallest absolute Gasteiger partial charge is 0.353 e. The van der Waals surface area contributed by atoms with E-state index in [0.717, 1.165) is 5.56 Å². The van der Waals surface area contributed by atoms with Crippen LogP contribution in [-0.2, 0) is 16.0 Å². The predicted octanol–water partition coefficient (Wildman–Crippen LogP) is 2.86. The second kappa shape index (κ2) is 7.41. The van der Waals surface area contributed by atoms with Crippen LogP contribution in [0.25, 0.3) is 0 Å². The van der Waals surface area contributed by atoms with E-state index >= 15 is 0 Å². The standard InChI is InChI=1S/C17H20F4N2O2/c1-11(10-15(25)23-16(8-9-16)17(19,20)21)22-14(24)7-4-12-2-5-13(18)6-3-12/h2-3,5-6,11H,4,7-10H2,1H3,(H,22,24)(H,23,25). The van der Waals surface area contributed by atoms with Gasteiger partial charge in [0, 0.05) is 18.9 Å². The van der Waals surface area contributed by atoms with Gasteiger partial charge in [-0.05, 0) is 43.9 Å². The SMILES string of the molecule is CC(CC(=O)NC1(C(F)(F)F)CC1)NC(=O)CCc1ccc(F)cc1. The molecule has 0 aliphatic heterocycles. The normalized spacial score (nSPS) is 16.8. The minimum Gasteiger partial charge on any atom is -0.353 e. The average molecular weight is 360 g/mol. The maximum absolute atomic E-state index is 12.8. The fraction of sp³-hybridized carbons (Fsp3) is 0.529. The quantitative estimate of drug-likeness (QED) is 0.735. The van der Waals surface area contributed by atoms with E-state index in [-0.39, 0.29) is 37.4 Å². The van der Waals surface area contributed by atoms with E-state index in [1.165, 1.54) is 12.1 Å². The van der Waals surface area contributed by atoms with Crippen molar-refractivity contribution in [2.45, 2.75) is 56.8 Å². The molecule has 25 heavy (non-hydrogen) atoms. The van der Waals surface area contributed by atoms with E-state index in [4.69, 9.17) is 0 Å². The summed E-state index contributed by atoms with van der Waals surface area (Å²) in [4.78, 5) is 23.6. The van der Waals surface area contributed by atoms with Crippen LogP contribution in [0.1, 0.15) is 38.2 Å². The van der Waals surface area contributed by atoms with Crippen molar-refractivity contribution < 1.29 is 27.2 Å². The largest absolute Gasteiger partial charge is 0.411 e. The lowest BCUT2D eigenvalue weighted by atomic mass is 10.1. The molecule has 0 aromatic heterocycles. The first-order valence-electron chi connectivity index (χ1n) is 8.03. The highest BCUT2D eigenvalue weighted by Gasteiger charge is 2.64. The molecule has 1 unspecified atom stereocenters. The molecule has 4 nitrogen and oxygen atoms in total. The number of benzene rings is 1. The molecule has 1 aliphatic rings. The minimum atomic E-state index is -4.45. The number of aryl methyl sites for hydroxylation is 1. The molecule has 0 radical (unpaired) electrons. The Morgan fingerprint density at radius 1 is 1.16 bits per heavy atom. The molecule has 1 aromatic rings. The lowest BCUT2D eigenvalue weighted by molar-refractivity contribution is -0.170. The average Bonchev–Trinajstić information content (AvgIpc) is 3.26. The second-order valence-electron chi connectivity index (χ2n) is 6.43. The number of amides is 2. The van der Waals surface area contributed by atoms with Crippen LogP contribution in [0.4, 0.5) is 17.6 Å². The van der Waals surface area contributed by atoms with Crippen LogP contribution < -0.4 is 10.6 Å². The Balaban J connectivity index is 1.72. The number of rotatable bonds is 7. The number of carbonyl (C=O) groups is 2. The Morgan fingerprint density at radius 2 is 1.76 bits per heavy atom. The first-order chi connectivity index (χ1) is 11.6. The highest BCUT2D eigenvalue weighted by atomic mass is 19.4. The summed E-state index contributed by atoms with van der Waals surface area (Å²) in [5.74, 6) is -1.41. The minimum absolute atomic E-state index is 0.110. The van der Waals surface area contributed by atoms with Crippen LogP contribution in [0.3, 0.4) is 0 Å². The Morgan fingerprint density at radius 3 is 2.28 bits per heavy atom. The molecular weight excluding hydrogens is 340 g/mol. The van der Waals surface area contributed by atoms with Crippen molar-refractivity contribution in [2.75, 3.05) is 0 Å². The topological polar surface area (TPSA) is 58.2 Å². The fourth-order valence-electron chi connectivity index (χ4n) is 2.51. The van der Waals surface area contributed by atoms with Crippen LogP contribution in [-0.4, -0.2) is 29.6 Å². The number of nitrogens with one attached hydrogen (secondary N) is 2. The summed E-state index contributed by atoms with van der Waals surface area (Å²) < 4.78 is 51.1. The summed E-state index contributed by atoms with van der Waals surface area (Å²) >= 11 is 0. The molecule has 1 saturated carbocycles. The summed E-state index contributed by atoms with van der Waals surface area (Å²) in [5, 5.41) is 4.61. The highest BCUT2D eigenvalue weighted by Crippen LogP contribution is 2.48. The van der Waals surface area contributed by atoms with E-state index in [9.17, 15) is 27.2 Å². The van der Waals surface area contributed by atoms with Crippen molar-refractivity contribution in [1.29, 1.82) is 0 Å². The molecule has 0 heterocycles. The molecule has 0 spiro atoms. The van der Waals surface area contributed by atoms with Crippen molar-refractivity contribution in [3.05, 3.63) is 35.6 Å². The van der Waals surface area contributed by atoms with Gasteiger partial charge in [0.1, 0.15) is 11.4 Å². The van der Waals surface area contributed by atoms with Gasteiger partial charge in [-0.1, -0.05) is 12.1 Å². The molecule has 2 amide bonds. The zero-order chi connectivity index (χ0) is 18.7. The third-order valence-corrected chi connectivity index (χ3v) is 4.12. The van der Waals surface area contributed by atoms with E-state index in [0.29, 0.717) is 6.42 Å². The molecule has 1 atom stereocenters. The molecule has 2 rings (SSSR count). The van der Waals surface area contributed by atoms with E-state index in [1.807, 2.05) is 5.32 Å². The Kier molecular flexibility index (Phi) is 5.69. The van der Waals surface area contributed by atoms with Gasteiger partial charge in [-0.15, -0.1) is 0 Å². The first kappa shape index (κ1) is 19.2. The zero-order valence-electron chi connectivity index (χ0n) is 13.8. The molecule has 2 N–H and O–H groups in total. The van der Waals surface area contributed by atoms with Gasteiger partial charge in [0.05, 0.1) is 0 Å². The molecule has 138 valence electrons. The van der Waals surface area contributed by atoms with Gasteiger partial charge < -0.3 is 10.6 Å². The molecule has 1 aromatic carbocycles. The predicted molar refractivity (Wildman–Crippen MR) is 83.1 cm³/mol. The van der Waals surface area contributed by atoms with Crippen molar-refractivity contribution in [2.24, 2.45) is 0 Å². The maximum atomic E-state index is 12.8. The lowest BCUT2D eigenvalue weighted by Gasteiger charge is -2.22. The van der Waals surface area contributed by atoms with Gasteiger partial charge in [-0.25, -0.2) is 4.39 Å². The Labute approximate surface area is 143 Å². The fourth-order valence-corrected chi connectivity index (χ4v) is 2.51. The zero-order valence-corrected chi connectivity index (χ0v) is 13.8. The van der Waals surface area contributed by atoms with Crippen LogP contribution in [0.15, 0.2) is 24.3 Å². The molecule has 1 fully saturated rings. The molecule has 0 saturated heterocycles. The summed E-state index contributed by atoms with van der Waals surface area (Å²) in [6.07, 6.45) is -4.35. The van der Waals surface area contributed by atoms with Gasteiger partial charge in [0.25, 0.3) is 0 Å². The van der Waals surface area contributed by atoms with Crippen LogP contribution in [0, 0.1) is 5.82 Å². The third kappa shape index (κ3) is 5.44. The van der Waals surface area contributed by atoms with Crippen molar-refractivity contribution in [3.8, 4) is 0 Å². The summed E-state index contributed by atoms with van der Waals surface area (Å²) in [5.41, 5.74) is -1.29. The van der Waals surface area contributed by atoms with Crippen LogP contribution >= 0.6 is 0 Å². The number of halogens is 4. The first-order valence-corrected chi connectivity index (χ1v) is 8.03. The van der Waals surface area contributed by atoms with Gasteiger partial charge in [0.15, 0.2) is 0 Å². The molecule has 1 aliphatic carbocycles. The lowest BCUT2D eigenvalue weighted by Crippen LogP contribution is -2.49. The number of carbonyl (C=O) groups excluding carboxylic acids is 2. The molecule has 8 heteroatoms. The summed E-state index contributed by atoms with van der Waals surface area (Å²) in [7, 11) is 0. The van der Waals surface area contributed by atoms with Crippen LogP contribution in [0.2, 0.25) is 0 Å². The van der Waals surface area contributed by atoms with Gasteiger partial charge in [0.2, 0.25) is 11.8 Å². The van der Waals surface area contributed by atoms with Gasteiger partial charge in [-0.2, -0.15) is 13.2 Å². The van der Waals surface area contributed by atoms with Crippen molar-refractivity contribution in [1.82, 2.24) is 10.6 Å². The van der Waals surface area contributed by atoms with Crippen molar-refractivity contribution >= 4 is 11.8 Å². The van der Waals surface area contributed by atoms with E-state index in [1.54, 1.807) is 19.1 Å². The number of hydrogen-bond acceptors (Lipinski definition) is 2. The summed E-state index contributed by atoms with van der Waals surface area (Å²) in [6.45, 7) is 1.56. The third-order valence-electron chi connectivity index (χ3n) is 4.12. The summed E-state index contributed by atoms with van der Waals surface area (Å²) in [6, 6.07) is 5.17. The molecule has 0 bridgehead atoms. The maximum Gasteiger partial charge on any atom is 0.411 e. The Bertz CT molecular complexity index is 625. The van der Waals surface area contributed by atoms with Gasteiger partial charge >= 0.3 is 6.18 Å². The van der Waals surface area contributed by atoms with Crippen LogP contribution in [0.5, 0.6) is 0 Å². The monoisotopic (exact) mass is 360 g/mol. The Hall–Kier alpha value is -2.12. The highest BCUT2D eigenvalue weighted by molar-refractivity contribution is 5.80. The van der Waals surface area contributed by atoms with Crippen molar-refractivity contribution in [3.63, 3.8) is 0 Å². The second-order valence-corrected chi connectivity index (χ2v) is 6.43. The van der Waals surface area contributed by atoms with Gasteiger partial charge in [-0.3, -0.25) is 9.59 Å². The molecular formula is C17H20F4N2O2. The van der Waals surface area contributed by atoms with E-state index < -0.39 is 23.7 Å².